The van der Waals surface area contributed by atoms with Gasteiger partial charge in [-0.1, -0.05) is 30.3 Å². The average molecular weight is 310 g/mol. The Morgan fingerprint density at radius 1 is 1.19 bits per heavy atom. The number of ether oxygens (including phenoxy) is 2. The monoisotopic (exact) mass is 310 g/mol. The van der Waals surface area contributed by atoms with E-state index in [1.807, 2.05) is 25.1 Å². The van der Waals surface area contributed by atoms with Crippen LogP contribution in [0.5, 0.6) is 0 Å². The lowest BCUT2D eigenvalue weighted by Crippen LogP contribution is -2.29. The number of esters is 1. The summed E-state index contributed by atoms with van der Waals surface area (Å²) in [7, 11) is -0.166. The summed E-state index contributed by atoms with van der Waals surface area (Å²) in [6.07, 6.45) is 2.31. The Labute approximate surface area is 128 Å². The van der Waals surface area contributed by atoms with Crippen LogP contribution in [0, 0.1) is 5.92 Å². The lowest BCUT2D eigenvalue weighted by Gasteiger charge is -2.20. The molecule has 1 aromatic rings. The molecule has 0 aliphatic carbocycles. The predicted molar refractivity (Wildman–Crippen MR) is 82.5 cm³/mol. The van der Waals surface area contributed by atoms with E-state index in [0.717, 1.165) is 12.8 Å². The number of rotatable bonds is 10. The Hall–Kier alpha value is -1.25. The van der Waals surface area contributed by atoms with E-state index in [-0.39, 0.29) is 14.4 Å². The Morgan fingerprint density at radius 3 is 2.48 bits per heavy atom. The summed E-state index contributed by atoms with van der Waals surface area (Å²) >= 11 is 0. The van der Waals surface area contributed by atoms with Crippen LogP contribution in [0.3, 0.4) is 0 Å². The van der Waals surface area contributed by atoms with Crippen molar-refractivity contribution in [3.63, 3.8) is 0 Å². The molecule has 2 unspecified atom stereocenters. The highest BCUT2D eigenvalue weighted by Gasteiger charge is 2.30. The summed E-state index contributed by atoms with van der Waals surface area (Å²) < 4.78 is 21.7. The van der Waals surface area contributed by atoms with Crippen molar-refractivity contribution >= 4 is 14.4 Å². The van der Waals surface area contributed by atoms with Gasteiger partial charge in [-0.2, -0.15) is 0 Å². The van der Waals surface area contributed by atoms with E-state index in [4.69, 9.17) is 9.47 Å². The average Bonchev–Trinajstić information content (AvgIpc) is 2.51. The van der Waals surface area contributed by atoms with Crippen molar-refractivity contribution in [3.8, 4) is 0 Å². The van der Waals surface area contributed by atoms with Crippen LogP contribution in [-0.4, -0.2) is 25.0 Å². The first kappa shape index (κ1) is 17.8. The van der Waals surface area contributed by atoms with Crippen LogP contribution in [0.15, 0.2) is 30.3 Å². The minimum Gasteiger partial charge on any atom is -0.466 e. The van der Waals surface area contributed by atoms with Gasteiger partial charge in [0.05, 0.1) is 12.5 Å². The minimum atomic E-state index is -0.621. The van der Waals surface area contributed by atoms with E-state index >= 15 is 0 Å². The van der Waals surface area contributed by atoms with E-state index in [1.54, 1.807) is 6.92 Å². The molecule has 0 bridgehead atoms. The lowest BCUT2D eigenvalue weighted by atomic mass is 10.00. The van der Waals surface area contributed by atoms with Crippen molar-refractivity contribution in [2.75, 3.05) is 13.2 Å². The first-order valence-electron chi connectivity index (χ1n) is 7.37. The van der Waals surface area contributed by atoms with Crippen molar-refractivity contribution in [2.45, 2.75) is 39.0 Å². The second-order valence-corrected chi connectivity index (χ2v) is 5.41. The largest absolute Gasteiger partial charge is 0.466 e. The molecule has 2 atom stereocenters. The summed E-state index contributed by atoms with van der Waals surface area (Å²) in [5, 5.41) is 0. The van der Waals surface area contributed by atoms with Crippen molar-refractivity contribution in [2.24, 2.45) is 5.92 Å². The van der Waals surface area contributed by atoms with Crippen LogP contribution in [0.4, 0.5) is 0 Å². The summed E-state index contributed by atoms with van der Waals surface area (Å²) in [5.41, 5.74) is 1.23. The van der Waals surface area contributed by atoms with Gasteiger partial charge in [0, 0.05) is 6.61 Å². The van der Waals surface area contributed by atoms with Crippen molar-refractivity contribution in [1.29, 1.82) is 0 Å². The van der Waals surface area contributed by atoms with Gasteiger partial charge < -0.3 is 9.47 Å². The van der Waals surface area contributed by atoms with Crippen molar-refractivity contribution in [3.05, 3.63) is 35.9 Å². The normalized spacial score (nSPS) is 13.8. The molecular weight excluding hydrogens is 287 g/mol. The number of carbonyl (C=O) groups excluding carboxylic acids is 1. The molecule has 21 heavy (non-hydrogen) atoms. The molecule has 5 heteroatoms. The number of hydrogen-bond donors (Lipinski definition) is 0. The van der Waals surface area contributed by atoms with Crippen LogP contribution in [0.1, 0.15) is 32.3 Å². The topological polar surface area (TPSA) is 52.6 Å². The van der Waals surface area contributed by atoms with E-state index < -0.39 is 11.8 Å². The van der Waals surface area contributed by atoms with Gasteiger partial charge in [-0.05, 0) is 38.7 Å². The minimum absolute atomic E-state index is 0.166. The molecule has 0 aromatic heterocycles. The quantitative estimate of drug-likeness (QED) is 0.486. The molecule has 0 radical (unpaired) electrons. The molecule has 0 saturated heterocycles. The third kappa shape index (κ3) is 6.36. The van der Waals surface area contributed by atoms with Crippen LogP contribution in [0.25, 0.3) is 0 Å². The fourth-order valence-electron chi connectivity index (χ4n) is 2.19. The maximum atomic E-state index is 12.0. The molecule has 0 aliphatic heterocycles. The molecule has 0 N–H and O–H groups in total. The maximum absolute atomic E-state index is 12.0. The van der Waals surface area contributed by atoms with E-state index in [1.165, 1.54) is 5.56 Å². The molecule has 0 heterocycles. The third-order valence-corrected chi connectivity index (χ3v) is 3.92. The number of aryl methyl sites for hydroxylation is 1. The molecule has 4 nitrogen and oxygen atoms in total. The Balaban J connectivity index is 2.59. The van der Waals surface area contributed by atoms with Gasteiger partial charge in [-0.3, -0.25) is 9.36 Å². The van der Waals surface area contributed by atoms with Gasteiger partial charge in [0.2, 0.25) is 0 Å². The zero-order chi connectivity index (χ0) is 15.5. The standard InChI is InChI=1S/C16H23O4P/c1-3-19-15(17)14(16(21-18)20-4-2)12-8-11-13-9-6-5-7-10-13/h5-7,9-10,14,16H,3-4,8,11-12H2,1-2H3. The molecule has 1 aromatic carbocycles. The Kier molecular flexibility index (Phi) is 8.88. The Bertz CT molecular complexity index is 422. The molecule has 0 aliphatic rings. The number of carbonyl (C=O) groups is 1. The Morgan fingerprint density at radius 2 is 1.90 bits per heavy atom. The first-order valence-corrected chi connectivity index (χ1v) is 8.25. The van der Waals surface area contributed by atoms with Gasteiger partial charge in [0.25, 0.3) is 0 Å². The van der Waals surface area contributed by atoms with Gasteiger partial charge >= 0.3 is 5.97 Å². The van der Waals surface area contributed by atoms with Crippen LogP contribution in [0.2, 0.25) is 0 Å². The molecule has 116 valence electrons. The third-order valence-electron chi connectivity index (χ3n) is 3.20. The SMILES string of the molecule is CCOC(=O)C(CCCc1ccccc1)C(OCC)P=O. The van der Waals surface area contributed by atoms with Gasteiger partial charge in [0.15, 0.2) is 14.3 Å². The lowest BCUT2D eigenvalue weighted by molar-refractivity contribution is -0.151. The summed E-state index contributed by atoms with van der Waals surface area (Å²) in [6.45, 7) is 4.34. The smallest absolute Gasteiger partial charge is 0.312 e. The molecule has 0 spiro atoms. The fraction of sp³-hybridized carbons (Fsp3) is 0.562. The number of hydrogen-bond acceptors (Lipinski definition) is 4. The highest BCUT2D eigenvalue weighted by molar-refractivity contribution is 7.24. The summed E-state index contributed by atoms with van der Waals surface area (Å²) in [6, 6.07) is 10.1. The molecular formula is C16H23O4P. The van der Waals surface area contributed by atoms with E-state index in [0.29, 0.717) is 19.6 Å². The second kappa shape index (κ2) is 10.5. The molecule has 0 amide bonds. The highest BCUT2D eigenvalue weighted by Crippen LogP contribution is 2.25. The molecule has 1 rings (SSSR count). The molecule has 0 saturated carbocycles. The van der Waals surface area contributed by atoms with Crippen molar-refractivity contribution in [1.82, 2.24) is 0 Å². The second-order valence-electron chi connectivity index (χ2n) is 4.69. The maximum Gasteiger partial charge on any atom is 0.312 e. The number of benzene rings is 1. The zero-order valence-electron chi connectivity index (χ0n) is 12.7. The van der Waals surface area contributed by atoms with Gasteiger partial charge in [-0.25, -0.2) is 0 Å². The van der Waals surface area contributed by atoms with E-state index in [9.17, 15) is 9.36 Å². The van der Waals surface area contributed by atoms with Gasteiger partial charge in [-0.15, -0.1) is 0 Å². The summed E-state index contributed by atoms with van der Waals surface area (Å²) in [5.74, 6) is -1.43. The van der Waals surface area contributed by atoms with Crippen molar-refractivity contribution < 1.29 is 18.8 Å². The first-order chi connectivity index (χ1) is 10.2. The zero-order valence-corrected chi connectivity index (χ0v) is 13.6. The van der Waals surface area contributed by atoms with Crippen LogP contribution in [-0.2, 0) is 25.3 Å². The van der Waals surface area contributed by atoms with Crippen LogP contribution < -0.4 is 0 Å². The molecule has 0 fully saturated rings. The van der Waals surface area contributed by atoms with Gasteiger partial charge in [0.1, 0.15) is 0 Å². The summed E-state index contributed by atoms with van der Waals surface area (Å²) in [4.78, 5) is 12.0. The van der Waals surface area contributed by atoms with Crippen LogP contribution >= 0.6 is 8.46 Å². The fourth-order valence-corrected chi connectivity index (χ4v) is 2.82. The highest BCUT2D eigenvalue weighted by atomic mass is 31.1. The predicted octanol–water partition coefficient (Wildman–Crippen LogP) is 3.84. The van der Waals surface area contributed by atoms with E-state index in [2.05, 4.69) is 12.1 Å².